The summed E-state index contributed by atoms with van der Waals surface area (Å²) in [6.45, 7) is 1.20. The van der Waals surface area contributed by atoms with Crippen molar-refractivity contribution in [2.24, 2.45) is 13.0 Å². The molecular formula is C20H24N6O2. The van der Waals surface area contributed by atoms with Gasteiger partial charge in [0.25, 0.3) is 0 Å². The predicted molar refractivity (Wildman–Crippen MR) is 105 cm³/mol. The molecule has 0 bridgehead atoms. The molecule has 4 rings (SSSR count). The normalized spacial score (nSPS) is 16.1. The topological polar surface area (TPSA) is 88.2 Å². The molecule has 3 heterocycles. The summed E-state index contributed by atoms with van der Waals surface area (Å²) in [6.07, 6.45) is 7.94. The fourth-order valence-corrected chi connectivity index (χ4v) is 3.68. The molecule has 1 atom stereocenters. The zero-order valence-electron chi connectivity index (χ0n) is 15.8. The minimum atomic E-state index is -0.606. The first-order valence-corrected chi connectivity index (χ1v) is 9.44. The van der Waals surface area contributed by atoms with Crippen molar-refractivity contribution in [1.29, 1.82) is 0 Å². The van der Waals surface area contributed by atoms with Crippen LogP contribution in [0.2, 0.25) is 0 Å². The van der Waals surface area contributed by atoms with Crippen LogP contribution in [0.5, 0.6) is 0 Å². The molecule has 2 aromatic heterocycles. The smallest absolute Gasteiger partial charge is 0.321 e. The van der Waals surface area contributed by atoms with Crippen molar-refractivity contribution in [3.8, 4) is 5.69 Å². The van der Waals surface area contributed by atoms with Crippen LogP contribution in [0, 0.1) is 5.92 Å². The van der Waals surface area contributed by atoms with Gasteiger partial charge in [-0.2, -0.15) is 5.10 Å². The zero-order chi connectivity index (χ0) is 19.5. The summed E-state index contributed by atoms with van der Waals surface area (Å²) < 4.78 is 3.57. The van der Waals surface area contributed by atoms with Gasteiger partial charge in [-0.05, 0) is 37.0 Å². The molecule has 146 valence electrons. The van der Waals surface area contributed by atoms with Gasteiger partial charge in [0.15, 0.2) is 0 Å². The van der Waals surface area contributed by atoms with E-state index in [0.29, 0.717) is 24.6 Å². The Kier molecular flexibility index (Phi) is 5.12. The number of aryl methyl sites for hydroxylation is 1. The fourth-order valence-electron chi connectivity index (χ4n) is 3.68. The van der Waals surface area contributed by atoms with E-state index in [2.05, 4.69) is 15.4 Å². The summed E-state index contributed by atoms with van der Waals surface area (Å²) in [7, 11) is 1.88. The maximum absolute atomic E-state index is 12.8. The highest BCUT2D eigenvalue weighted by molar-refractivity contribution is 5.91. The number of carbonyl (C=O) groups is 1. The number of aliphatic hydroxyl groups is 1. The third kappa shape index (κ3) is 3.63. The Labute approximate surface area is 163 Å². The van der Waals surface area contributed by atoms with Gasteiger partial charge in [-0.25, -0.2) is 14.5 Å². The van der Waals surface area contributed by atoms with E-state index in [9.17, 15) is 9.90 Å². The number of imidazole rings is 1. The number of carbonyl (C=O) groups excluding carboxylic acids is 1. The van der Waals surface area contributed by atoms with E-state index >= 15 is 0 Å². The van der Waals surface area contributed by atoms with Gasteiger partial charge in [0, 0.05) is 44.9 Å². The minimum Gasteiger partial charge on any atom is -0.385 e. The number of benzene rings is 1. The van der Waals surface area contributed by atoms with E-state index in [-0.39, 0.29) is 11.9 Å². The second-order valence-corrected chi connectivity index (χ2v) is 7.06. The summed E-state index contributed by atoms with van der Waals surface area (Å²) >= 11 is 0. The lowest BCUT2D eigenvalue weighted by molar-refractivity contribution is 0.0600. The van der Waals surface area contributed by atoms with Crippen LogP contribution in [-0.4, -0.2) is 48.5 Å². The van der Waals surface area contributed by atoms with Gasteiger partial charge in [0.2, 0.25) is 0 Å². The fraction of sp³-hybridized carbons (Fsp3) is 0.350. The van der Waals surface area contributed by atoms with Crippen molar-refractivity contribution in [2.75, 3.05) is 18.4 Å². The second-order valence-electron chi connectivity index (χ2n) is 7.06. The Morgan fingerprint density at radius 3 is 2.64 bits per heavy atom. The van der Waals surface area contributed by atoms with Gasteiger partial charge in [0.1, 0.15) is 11.9 Å². The first kappa shape index (κ1) is 18.2. The quantitative estimate of drug-likeness (QED) is 0.728. The van der Waals surface area contributed by atoms with Gasteiger partial charge in [-0.3, -0.25) is 0 Å². The van der Waals surface area contributed by atoms with Crippen LogP contribution in [0.4, 0.5) is 10.5 Å². The first-order chi connectivity index (χ1) is 13.6. The number of piperidine rings is 1. The van der Waals surface area contributed by atoms with E-state index in [1.165, 1.54) is 0 Å². The number of anilines is 1. The van der Waals surface area contributed by atoms with Crippen molar-refractivity contribution >= 4 is 11.7 Å². The molecule has 1 aliphatic rings. The minimum absolute atomic E-state index is 0.0986. The van der Waals surface area contributed by atoms with E-state index in [4.69, 9.17) is 0 Å². The Balaban J connectivity index is 1.38. The summed E-state index contributed by atoms with van der Waals surface area (Å²) in [5.41, 5.74) is 1.53. The summed E-state index contributed by atoms with van der Waals surface area (Å²) in [5.74, 6) is 0.776. The number of nitrogens with zero attached hydrogens (tertiary/aromatic N) is 5. The van der Waals surface area contributed by atoms with Crippen LogP contribution < -0.4 is 5.32 Å². The molecule has 8 nitrogen and oxygen atoms in total. The first-order valence-electron chi connectivity index (χ1n) is 9.44. The van der Waals surface area contributed by atoms with Gasteiger partial charge in [-0.15, -0.1) is 0 Å². The van der Waals surface area contributed by atoms with Crippen molar-refractivity contribution in [2.45, 2.75) is 18.9 Å². The van der Waals surface area contributed by atoms with Gasteiger partial charge < -0.3 is 19.9 Å². The van der Waals surface area contributed by atoms with Crippen LogP contribution in [0.3, 0.4) is 0 Å². The van der Waals surface area contributed by atoms with E-state index in [0.717, 1.165) is 18.5 Å². The molecule has 2 N–H and O–H groups in total. The number of amides is 2. The van der Waals surface area contributed by atoms with Crippen molar-refractivity contribution < 1.29 is 9.90 Å². The van der Waals surface area contributed by atoms with E-state index in [1.807, 2.05) is 54.3 Å². The Morgan fingerprint density at radius 2 is 1.96 bits per heavy atom. The van der Waals surface area contributed by atoms with Crippen molar-refractivity contribution in [3.05, 3.63) is 60.9 Å². The maximum Gasteiger partial charge on any atom is 0.321 e. The number of para-hydroxylation sites is 2. The molecule has 1 aliphatic heterocycles. The molecule has 2 amide bonds. The molecule has 28 heavy (non-hydrogen) atoms. The lowest BCUT2D eigenvalue weighted by Crippen LogP contribution is -2.42. The second kappa shape index (κ2) is 7.85. The summed E-state index contributed by atoms with van der Waals surface area (Å²) in [4.78, 5) is 18.8. The molecule has 3 aromatic rings. The number of likely N-dealkylation sites (tertiary alicyclic amines) is 1. The third-order valence-corrected chi connectivity index (χ3v) is 5.29. The number of nitrogens with one attached hydrogen (secondary N) is 1. The highest BCUT2D eigenvalue weighted by atomic mass is 16.3. The molecule has 0 unspecified atom stereocenters. The maximum atomic E-state index is 12.8. The molecule has 8 heteroatoms. The predicted octanol–water partition coefficient (Wildman–Crippen LogP) is 2.58. The Bertz CT molecular complexity index is 928. The molecule has 0 saturated carbocycles. The molecule has 0 radical (unpaired) electrons. The molecule has 0 spiro atoms. The van der Waals surface area contributed by atoms with Crippen molar-refractivity contribution in [3.63, 3.8) is 0 Å². The molecule has 1 fully saturated rings. The van der Waals surface area contributed by atoms with E-state index < -0.39 is 6.10 Å². The molecule has 0 aliphatic carbocycles. The Morgan fingerprint density at radius 1 is 1.18 bits per heavy atom. The standard InChI is InChI=1S/C20H24N6O2/c1-24-14-10-21-19(24)18(27)15-7-12-25(13-8-15)20(28)23-16-5-2-3-6-17(16)26-11-4-9-22-26/h2-6,9-11,14-15,18,27H,7-8,12-13H2,1H3,(H,23,28)/t18-/m0/s1. The SMILES string of the molecule is Cn1ccnc1[C@@H](O)C1CCN(C(=O)Nc2ccccc2-n2cccn2)CC1. The van der Waals surface area contributed by atoms with Crippen LogP contribution in [0.15, 0.2) is 55.1 Å². The zero-order valence-corrected chi connectivity index (χ0v) is 15.8. The number of aliphatic hydroxyl groups excluding tert-OH is 1. The van der Waals surface area contributed by atoms with Gasteiger partial charge in [-0.1, -0.05) is 12.1 Å². The van der Waals surface area contributed by atoms with Crippen LogP contribution in [0.1, 0.15) is 24.8 Å². The number of aromatic nitrogens is 4. The largest absolute Gasteiger partial charge is 0.385 e. The molecular weight excluding hydrogens is 356 g/mol. The van der Waals surface area contributed by atoms with Gasteiger partial charge in [0.05, 0.1) is 11.4 Å². The highest BCUT2D eigenvalue weighted by Gasteiger charge is 2.30. The highest BCUT2D eigenvalue weighted by Crippen LogP contribution is 2.30. The number of rotatable bonds is 4. The van der Waals surface area contributed by atoms with Crippen LogP contribution in [0.25, 0.3) is 5.69 Å². The monoisotopic (exact) mass is 380 g/mol. The third-order valence-electron chi connectivity index (χ3n) is 5.29. The number of hydrogen-bond acceptors (Lipinski definition) is 4. The summed E-state index contributed by atoms with van der Waals surface area (Å²) in [6, 6.07) is 9.29. The molecule has 1 saturated heterocycles. The van der Waals surface area contributed by atoms with Crippen LogP contribution >= 0.6 is 0 Å². The Hall–Kier alpha value is -3.13. The van der Waals surface area contributed by atoms with Gasteiger partial charge >= 0.3 is 6.03 Å². The number of urea groups is 1. The lowest BCUT2D eigenvalue weighted by atomic mass is 9.91. The van der Waals surface area contributed by atoms with E-state index in [1.54, 1.807) is 22.0 Å². The number of hydrogen-bond donors (Lipinski definition) is 2. The van der Waals surface area contributed by atoms with Crippen LogP contribution in [-0.2, 0) is 7.05 Å². The average molecular weight is 380 g/mol. The van der Waals surface area contributed by atoms with Crippen molar-refractivity contribution in [1.82, 2.24) is 24.2 Å². The average Bonchev–Trinajstić information content (AvgIpc) is 3.40. The summed E-state index contributed by atoms with van der Waals surface area (Å²) in [5, 5.41) is 17.8. The molecule has 1 aromatic carbocycles. The lowest BCUT2D eigenvalue weighted by Gasteiger charge is -2.34.